The first-order chi connectivity index (χ1) is 15.7. The number of halogens is 2. The molecule has 0 spiro atoms. The molecule has 0 aliphatic carbocycles. The summed E-state index contributed by atoms with van der Waals surface area (Å²) in [5.41, 5.74) is 5.57. The molecule has 3 rings (SSSR count). The molecule has 0 bridgehead atoms. The third-order valence-corrected chi connectivity index (χ3v) is 6.22. The van der Waals surface area contributed by atoms with Crippen molar-refractivity contribution < 1.29 is 8.78 Å². The van der Waals surface area contributed by atoms with E-state index in [1.54, 1.807) is 17.3 Å². The Morgan fingerprint density at radius 2 is 1.97 bits per heavy atom. The highest BCUT2D eigenvalue weighted by Gasteiger charge is 2.22. The summed E-state index contributed by atoms with van der Waals surface area (Å²) >= 11 is 0. The van der Waals surface area contributed by atoms with Crippen molar-refractivity contribution >= 4 is 11.8 Å². The number of piperidine rings is 1. The maximum Gasteiger partial charge on any atom is 0.131 e. The summed E-state index contributed by atoms with van der Waals surface area (Å²) in [5.74, 6) is 0.0683. The third kappa shape index (κ3) is 5.85. The van der Waals surface area contributed by atoms with Crippen LogP contribution < -0.4 is 0 Å². The average Bonchev–Trinajstić information content (AvgIpc) is 2.77. The lowest BCUT2D eigenvalue weighted by Crippen LogP contribution is -2.35. The minimum Gasteiger partial charge on any atom is -0.301 e. The van der Waals surface area contributed by atoms with Crippen LogP contribution in [0.5, 0.6) is 0 Å². The zero-order valence-electron chi connectivity index (χ0n) is 20.0. The molecular weight excluding hydrogens is 418 g/mol. The summed E-state index contributed by atoms with van der Waals surface area (Å²) in [5, 5.41) is 15.7. The lowest BCUT2D eigenvalue weighted by Gasteiger charge is -2.31. The van der Waals surface area contributed by atoms with Gasteiger partial charge in [0.1, 0.15) is 18.6 Å². The van der Waals surface area contributed by atoms with E-state index in [1.165, 1.54) is 6.07 Å². The zero-order chi connectivity index (χ0) is 24.1. The van der Waals surface area contributed by atoms with E-state index in [-0.39, 0.29) is 12.5 Å². The first-order valence-corrected chi connectivity index (χ1v) is 11.3. The fourth-order valence-corrected chi connectivity index (χ4v) is 4.30. The van der Waals surface area contributed by atoms with E-state index in [4.69, 9.17) is 0 Å². The molecule has 2 aliphatic heterocycles. The number of rotatable bonds is 6. The molecule has 2 aliphatic rings. The van der Waals surface area contributed by atoms with Crippen molar-refractivity contribution in [3.63, 3.8) is 0 Å². The largest absolute Gasteiger partial charge is 0.301 e. The van der Waals surface area contributed by atoms with Crippen LogP contribution in [0.2, 0.25) is 0 Å². The Morgan fingerprint density at radius 1 is 1.27 bits per heavy atom. The smallest absolute Gasteiger partial charge is 0.131 e. The van der Waals surface area contributed by atoms with E-state index in [9.17, 15) is 9.65 Å². The Hall–Kier alpha value is -3.04. The van der Waals surface area contributed by atoms with Crippen molar-refractivity contribution in [2.45, 2.75) is 40.5 Å². The Bertz CT molecular complexity index is 1050. The Labute approximate surface area is 195 Å². The molecule has 1 aromatic carbocycles. The van der Waals surface area contributed by atoms with Gasteiger partial charge in [-0.15, -0.1) is 0 Å². The number of hydrazone groups is 1. The van der Waals surface area contributed by atoms with Gasteiger partial charge >= 0.3 is 0 Å². The normalized spacial score (nSPS) is 18.0. The van der Waals surface area contributed by atoms with E-state index in [0.29, 0.717) is 40.6 Å². The van der Waals surface area contributed by atoms with Crippen LogP contribution in [0.15, 0.2) is 58.5 Å². The van der Waals surface area contributed by atoms with Gasteiger partial charge in [-0.25, -0.2) is 13.8 Å². The van der Waals surface area contributed by atoms with Gasteiger partial charge in [-0.05, 0) is 83.3 Å². The van der Waals surface area contributed by atoms with Gasteiger partial charge < -0.3 is 4.90 Å². The number of nitriles is 1. The highest BCUT2D eigenvalue weighted by Crippen LogP contribution is 2.29. The second-order valence-corrected chi connectivity index (χ2v) is 9.03. The van der Waals surface area contributed by atoms with Crippen molar-refractivity contribution in [1.29, 1.82) is 5.26 Å². The summed E-state index contributed by atoms with van der Waals surface area (Å²) in [7, 11) is 0. The summed E-state index contributed by atoms with van der Waals surface area (Å²) in [6.45, 7) is 13.7. The molecule has 0 radical (unpaired) electrons. The maximum atomic E-state index is 15.2. The number of hydrogen-bond donors (Lipinski definition) is 0. The Kier molecular flexibility index (Phi) is 7.99. The summed E-state index contributed by atoms with van der Waals surface area (Å²) in [6, 6.07) is 5.54. The van der Waals surface area contributed by atoms with E-state index >= 15 is 4.39 Å². The fraction of sp³-hybridized carbons (Fsp3) is 0.407. The number of likely N-dealkylation sites (tertiary alicyclic amines) is 1. The lowest BCUT2D eigenvalue weighted by molar-refractivity contribution is 0.185. The lowest BCUT2D eigenvalue weighted by atomic mass is 9.88. The van der Waals surface area contributed by atoms with Gasteiger partial charge in [0, 0.05) is 23.9 Å². The third-order valence-electron chi connectivity index (χ3n) is 6.22. The monoisotopic (exact) mass is 450 g/mol. The predicted molar refractivity (Wildman–Crippen MR) is 131 cm³/mol. The van der Waals surface area contributed by atoms with Crippen LogP contribution in [0.1, 0.15) is 50.3 Å². The van der Waals surface area contributed by atoms with Crippen LogP contribution in [0.4, 0.5) is 8.78 Å². The quantitative estimate of drug-likeness (QED) is 0.524. The van der Waals surface area contributed by atoms with Gasteiger partial charge in [0.25, 0.3) is 0 Å². The molecule has 0 amide bonds. The van der Waals surface area contributed by atoms with Crippen LogP contribution in [0.3, 0.4) is 0 Å². The Balaban J connectivity index is 1.88. The predicted octanol–water partition coefficient (Wildman–Crippen LogP) is 6.13. The number of nitrogens with zero attached hydrogens (tertiary/aromatic N) is 4. The van der Waals surface area contributed by atoms with E-state index in [1.807, 2.05) is 32.9 Å². The molecule has 1 saturated heterocycles. The SMILES string of the molecule is C=C1C(C#N)=CC(c2cc(C)c(/C=C(\C)C3CCN(CCF)CC3)c(F)c2)=NN1C=C(C)C. The van der Waals surface area contributed by atoms with Crippen LogP contribution in [-0.4, -0.2) is 41.9 Å². The molecule has 1 aromatic rings. The van der Waals surface area contributed by atoms with Crippen molar-refractivity contribution in [2.75, 3.05) is 26.3 Å². The van der Waals surface area contributed by atoms with Crippen LogP contribution in [-0.2, 0) is 0 Å². The van der Waals surface area contributed by atoms with Crippen molar-refractivity contribution in [2.24, 2.45) is 11.0 Å². The molecule has 0 N–H and O–H groups in total. The average molecular weight is 451 g/mol. The van der Waals surface area contributed by atoms with Gasteiger partial charge in [0.05, 0.1) is 17.0 Å². The number of allylic oxidation sites excluding steroid dienone is 4. The van der Waals surface area contributed by atoms with E-state index in [2.05, 4.69) is 29.6 Å². The fourth-order valence-electron chi connectivity index (χ4n) is 4.30. The molecule has 0 aromatic heterocycles. The number of benzene rings is 1. The van der Waals surface area contributed by atoms with Gasteiger partial charge in [0.15, 0.2) is 0 Å². The zero-order valence-corrected chi connectivity index (χ0v) is 20.0. The number of alkyl halides is 1. The molecule has 1 fully saturated rings. The van der Waals surface area contributed by atoms with E-state index in [0.717, 1.165) is 42.6 Å². The van der Waals surface area contributed by atoms with Crippen molar-refractivity contribution in [1.82, 2.24) is 9.91 Å². The number of hydrogen-bond acceptors (Lipinski definition) is 4. The molecule has 2 heterocycles. The standard InChI is InChI=1S/C27H32F2N4/c1-18(2)17-33-21(5)24(16-30)15-27(31-33)23-12-20(4)25(26(29)14-23)13-19(3)22-6-9-32(10-7-22)11-8-28/h12-15,17,22H,5-11H2,1-4H3/b19-13+. The van der Waals surface area contributed by atoms with Gasteiger partial charge in [-0.2, -0.15) is 10.4 Å². The summed E-state index contributed by atoms with van der Waals surface area (Å²) in [4.78, 5) is 2.14. The molecule has 33 heavy (non-hydrogen) atoms. The topological polar surface area (TPSA) is 42.6 Å². The second kappa shape index (κ2) is 10.7. The highest BCUT2D eigenvalue weighted by atomic mass is 19.1. The van der Waals surface area contributed by atoms with Crippen LogP contribution in [0.25, 0.3) is 6.08 Å². The minimum absolute atomic E-state index is 0.313. The molecule has 0 unspecified atom stereocenters. The van der Waals surface area contributed by atoms with Crippen LogP contribution in [0, 0.1) is 30.0 Å². The molecule has 0 saturated carbocycles. The second-order valence-electron chi connectivity index (χ2n) is 9.03. The minimum atomic E-state index is -0.313. The van der Waals surface area contributed by atoms with E-state index < -0.39 is 0 Å². The summed E-state index contributed by atoms with van der Waals surface area (Å²) < 4.78 is 27.8. The first kappa shape index (κ1) is 24.6. The molecular formula is C27H32F2N4. The molecule has 4 nitrogen and oxygen atoms in total. The summed E-state index contributed by atoms with van der Waals surface area (Å²) in [6.07, 6.45) is 7.32. The molecule has 174 valence electrons. The van der Waals surface area contributed by atoms with Crippen molar-refractivity contribution in [3.8, 4) is 6.07 Å². The maximum absolute atomic E-state index is 15.2. The molecule has 6 heteroatoms. The Morgan fingerprint density at radius 3 is 2.55 bits per heavy atom. The van der Waals surface area contributed by atoms with Crippen LogP contribution >= 0.6 is 0 Å². The van der Waals surface area contributed by atoms with Crippen molar-refractivity contribution in [3.05, 3.63) is 75.9 Å². The van der Waals surface area contributed by atoms with Gasteiger partial charge in [0.2, 0.25) is 0 Å². The first-order valence-electron chi connectivity index (χ1n) is 11.3. The number of aryl methyl sites for hydroxylation is 1. The van der Waals surface area contributed by atoms with Gasteiger partial charge in [-0.3, -0.25) is 0 Å². The molecule has 0 atom stereocenters. The highest BCUT2D eigenvalue weighted by molar-refractivity contribution is 6.10. The van der Waals surface area contributed by atoms with Gasteiger partial charge in [-0.1, -0.05) is 23.8 Å².